The van der Waals surface area contributed by atoms with Gasteiger partial charge in [0.1, 0.15) is 0 Å². The highest BCUT2D eigenvalue weighted by molar-refractivity contribution is 7.89. The summed E-state index contributed by atoms with van der Waals surface area (Å²) >= 11 is 11.8. The summed E-state index contributed by atoms with van der Waals surface area (Å²) in [6, 6.07) is 4.68. The van der Waals surface area contributed by atoms with Crippen LogP contribution < -0.4 is 0 Å². The minimum absolute atomic E-state index is 0.0743. The van der Waals surface area contributed by atoms with Crippen molar-refractivity contribution < 1.29 is 13.2 Å². The van der Waals surface area contributed by atoms with Crippen molar-refractivity contribution in [2.24, 2.45) is 0 Å². The van der Waals surface area contributed by atoms with Crippen molar-refractivity contribution >= 4 is 39.1 Å². The van der Waals surface area contributed by atoms with Gasteiger partial charge in [0.05, 0.1) is 5.75 Å². The fourth-order valence-corrected chi connectivity index (χ4v) is 3.82. The van der Waals surface area contributed by atoms with E-state index in [9.17, 15) is 13.2 Å². The molecule has 116 valence electrons. The molecule has 1 aromatic rings. The standard InChI is InChI=1S/C13H16Cl2N2O3S/c1-2-21(19,20)17-5-3-16(4-6-17)13(18)10-7-11(14)9-12(15)8-10/h7-9H,2-6H2,1H3. The molecule has 0 radical (unpaired) electrons. The predicted molar refractivity (Wildman–Crippen MR) is 83.4 cm³/mol. The van der Waals surface area contributed by atoms with Gasteiger partial charge in [-0.1, -0.05) is 23.2 Å². The second-order valence-corrected chi connectivity index (χ2v) is 7.88. The Morgan fingerprint density at radius 3 is 2.10 bits per heavy atom. The van der Waals surface area contributed by atoms with Gasteiger partial charge in [-0.15, -0.1) is 0 Å². The topological polar surface area (TPSA) is 57.7 Å². The zero-order valence-corrected chi connectivity index (χ0v) is 13.9. The molecule has 1 aliphatic rings. The van der Waals surface area contributed by atoms with Crippen molar-refractivity contribution in [3.8, 4) is 0 Å². The number of halogens is 2. The molecule has 1 aliphatic heterocycles. The van der Waals surface area contributed by atoms with Gasteiger partial charge in [-0.05, 0) is 25.1 Å². The van der Waals surface area contributed by atoms with E-state index in [-0.39, 0.29) is 11.7 Å². The van der Waals surface area contributed by atoms with E-state index < -0.39 is 10.0 Å². The molecular formula is C13H16Cl2N2O3S. The second-order valence-electron chi connectivity index (χ2n) is 4.75. The fraction of sp³-hybridized carbons (Fsp3) is 0.462. The number of amides is 1. The van der Waals surface area contributed by atoms with Gasteiger partial charge in [0.25, 0.3) is 5.91 Å². The lowest BCUT2D eigenvalue weighted by Gasteiger charge is -2.33. The molecule has 0 atom stereocenters. The molecule has 1 saturated heterocycles. The van der Waals surface area contributed by atoms with Gasteiger partial charge in [-0.3, -0.25) is 4.79 Å². The minimum Gasteiger partial charge on any atom is -0.336 e. The summed E-state index contributed by atoms with van der Waals surface area (Å²) in [6.45, 7) is 2.97. The van der Waals surface area contributed by atoms with Crippen LogP contribution in [-0.2, 0) is 10.0 Å². The maximum Gasteiger partial charge on any atom is 0.254 e. The Bertz CT molecular complexity index is 621. The first-order valence-corrected chi connectivity index (χ1v) is 8.93. The number of piperazine rings is 1. The fourth-order valence-electron chi connectivity index (χ4n) is 2.21. The summed E-state index contributed by atoms with van der Waals surface area (Å²) in [6.07, 6.45) is 0. The van der Waals surface area contributed by atoms with Crippen LogP contribution in [0.25, 0.3) is 0 Å². The van der Waals surface area contributed by atoms with E-state index in [4.69, 9.17) is 23.2 Å². The number of carbonyl (C=O) groups excluding carboxylic acids is 1. The Labute approximate surface area is 134 Å². The Hall–Kier alpha value is -0.820. The molecule has 0 unspecified atom stereocenters. The normalized spacial score (nSPS) is 17.0. The van der Waals surface area contributed by atoms with E-state index in [0.717, 1.165) is 0 Å². The van der Waals surface area contributed by atoms with E-state index in [0.29, 0.717) is 41.8 Å². The Kier molecular flexibility index (Phi) is 5.14. The monoisotopic (exact) mass is 350 g/mol. The van der Waals surface area contributed by atoms with Crippen molar-refractivity contribution in [2.45, 2.75) is 6.92 Å². The van der Waals surface area contributed by atoms with Gasteiger partial charge in [-0.25, -0.2) is 8.42 Å². The molecule has 0 aromatic heterocycles. The largest absolute Gasteiger partial charge is 0.336 e. The lowest BCUT2D eigenvalue weighted by atomic mass is 10.2. The number of rotatable bonds is 3. The van der Waals surface area contributed by atoms with E-state index in [1.54, 1.807) is 30.0 Å². The highest BCUT2D eigenvalue weighted by Crippen LogP contribution is 2.21. The van der Waals surface area contributed by atoms with Crippen LogP contribution >= 0.6 is 23.2 Å². The van der Waals surface area contributed by atoms with Gasteiger partial charge in [0.2, 0.25) is 10.0 Å². The van der Waals surface area contributed by atoms with Crippen LogP contribution in [0.3, 0.4) is 0 Å². The SMILES string of the molecule is CCS(=O)(=O)N1CCN(C(=O)c2cc(Cl)cc(Cl)c2)CC1. The van der Waals surface area contributed by atoms with Crippen molar-refractivity contribution in [3.05, 3.63) is 33.8 Å². The summed E-state index contributed by atoms with van der Waals surface area (Å²) in [5, 5.41) is 0.802. The zero-order chi connectivity index (χ0) is 15.6. The minimum atomic E-state index is -3.20. The summed E-state index contributed by atoms with van der Waals surface area (Å²) in [5.41, 5.74) is 0.416. The number of hydrogen-bond donors (Lipinski definition) is 0. The zero-order valence-electron chi connectivity index (χ0n) is 11.6. The molecule has 2 rings (SSSR count). The number of hydrogen-bond acceptors (Lipinski definition) is 3. The molecule has 1 amide bonds. The van der Waals surface area contributed by atoms with Gasteiger partial charge in [0.15, 0.2) is 0 Å². The van der Waals surface area contributed by atoms with Crippen molar-refractivity contribution in [1.29, 1.82) is 0 Å². The van der Waals surface area contributed by atoms with Crippen molar-refractivity contribution in [2.75, 3.05) is 31.9 Å². The molecule has 1 heterocycles. The maximum absolute atomic E-state index is 12.4. The highest BCUT2D eigenvalue weighted by atomic mass is 35.5. The number of sulfonamides is 1. The summed E-state index contributed by atoms with van der Waals surface area (Å²) in [4.78, 5) is 14.0. The number of carbonyl (C=O) groups is 1. The van der Waals surface area contributed by atoms with Gasteiger partial charge in [-0.2, -0.15) is 4.31 Å². The smallest absolute Gasteiger partial charge is 0.254 e. The van der Waals surface area contributed by atoms with Crippen LogP contribution in [0.4, 0.5) is 0 Å². The first-order valence-electron chi connectivity index (χ1n) is 6.56. The molecule has 8 heteroatoms. The Morgan fingerprint density at radius 2 is 1.62 bits per heavy atom. The van der Waals surface area contributed by atoms with E-state index in [2.05, 4.69) is 0 Å². The first kappa shape index (κ1) is 16.5. The lowest BCUT2D eigenvalue weighted by molar-refractivity contribution is 0.0698. The third-order valence-electron chi connectivity index (χ3n) is 3.39. The van der Waals surface area contributed by atoms with E-state index in [1.807, 2.05) is 0 Å². The number of nitrogens with zero attached hydrogens (tertiary/aromatic N) is 2. The molecular weight excluding hydrogens is 335 g/mol. The van der Waals surface area contributed by atoms with Crippen molar-refractivity contribution in [1.82, 2.24) is 9.21 Å². The highest BCUT2D eigenvalue weighted by Gasteiger charge is 2.28. The lowest BCUT2D eigenvalue weighted by Crippen LogP contribution is -2.50. The van der Waals surface area contributed by atoms with Crippen LogP contribution in [0.1, 0.15) is 17.3 Å². The average Bonchev–Trinajstić information content (AvgIpc) is 2.45. The quantitative estimate of drug-likeness (QED) is 0.838. The maximum atomic E-state index is 12.4. The third-order valence-corrected chi connectivity index (χ3v) is 5.71. The predicted octanol–water partition coefficient (Wildman–Crippen LogP) is 2.10. The second kappa shape index (κ2) is 6.52. The first-order chi connectivity index (χ1) is 9.83. The molecule has 1 aromatic carbocycles. The molecule has 21 heavy (non-hydrogen) atoms. The van der Waals surface area contributed by atoms with Crippen LogP contribution in [0.15, 0.2) is 18.2 Å². The van der Waals surface area contributed by atoms with Gasteiger partial charge >= 0.3 is 0 Å². The average molecular weight is 351 g/mol. The Morgan fingerprint density at radius 1 is 1.10 bits per heavy atom. The molecule has 0 saturated carbocycles. The van der Waals surface area contributed by atoms with E-state index in [1.165, 1.54) is 4.31 Å². The van der Waals surface area contributed by atoms with Crippen LogP contribution in [0, 0.1) is 0 Å². The molecule has 0 bridgehead atoms. The summed E-state index contributed by atoms with van der Waals surface area (Å²) in [7, 11) is -3.20. The summed E-state index contributed by atoms with van der Waals surface area (Å²) < 4.78 is 25.0. The molecule has 0 aliphatic carbocycles. The van der Waals surface area contributed by atoms with Crippen LogP contribution in [0.2, 0.25) is 10.0 Å². The van der Waals surface area contributed by atoms with Crippen LogP contribution in [0.5, 0.6) is 0 Å². The molecule has 5 nitrogen and oxygen atoms in total. The molecule has 1 fully saturated rings. The molecule has 0 spiro atoms. The van der Waals surface area contributed by atoms with Gasteiger partial charge in [0, 0.05) is 41.8 Å². The number of benzene rings is 1. The summed E-state index contributed by atoms with van der Waals surface area (Å²) in [5.74, 6) is -0.113. The Balaban J connectivity index is 2.07. The van der Waals surface area contributed by atoms with Crippen LogP contribution in [-0.4, -0.2) is 55.5 Å². The third kappa shape index (κ3) is 3.88. The van der Waals surface area contributed by atoms with E-state index >= 15 is 0 Å². The van der Waals surface area contributed by atoms with Crippen molar-refractivity contribution in [3.63, 3.8) is 0 Å². The molecule has 0 N–H and O–H groups in total. The van der Waals surface area contributed by atoms with Gasteiger partial charge < -0.3 is 4.90 Å².